The number of amides is 2. The number of hydrogen-bond donors (Lipinski definition) is 1. The standard InChI is InChI=1S/C18H25N3O3/c22-17(20-15-5-3-1-2-4-6-15)16-13-14(7-8-19-16)18(23)21-9-11-24-12-10-21/h7-8,13,15H,1-6,9-12H2,(H,20,22). The molecule has 1 N–H and O–H groups in total. The largest absolute Gasteiger partial charge is 0.378 e. The van der Waals surface area contributed by atoms with Gasteiger partial charge in [0.15, 0.2) is 0 Å². The topological polar surface area (TPSA) is 71.5 Å². The number of aromatic nitrogens is 1. The van der Waals surface area contributed by atoms with Gasteiger partial charge in [0.1, 0.15) is 5.69 Å². The van der Waals surface area contributed by atoms with Crippen molar-refractivity contribution in [1.29, 1.82) is 0 Å². The summed E-state index contributed by atoms with van der Waals surface area (Å²) in [4.78, 5) is 30.9. The summed E-state index contributed by atoms with van der Waals surface area (Å²) in [6.45, 7) is 2.30. The van der Waals surface area contributed by atoms with Crippen molar-refractivity contribution in [2.24, 2.45) is 0 Å². The van der Waals surface area contributed by atoms with Crippen molar-refractivity contribution in [3.05, 3.63) is 29.6 Å². The number of nitrogens with zero attached hydrogens (tertiary/aromatic N) is 2. The highest BCUT2D eigenvalue weighted by Crippen LogP contribution is 2.17. The van der Waals surface area contributed by atoms with E-state index in [0.717, 1.165) is 25.7 Å². The Morgan fingerprint density at radius 1 is 1.12 bits per heavy atom. The van der Waals surface area contributed by atoms with Gasteiger partial charge in [0.25, 0.3) is 11.8 Å². The van der Waals surface area contributed by atoms with Crippen LogP contribution < -0.4 is 5.32 Å². The lowest BCUT2D eigenvalue weighted by atomic mass is 10.1. The molecule has 6 nitrogen and oxygen atoms in total. The van der Waals surface area contributed by atoms with Crippen molar-refractivity contribution in [2.45, 2.75) is 44.6 Å². The molecule has 1 saturated heterocycles. The second-order valence-corrected chi connectivity index (χ2v) is 6.50. The van der Waals surface area contributed by atoms with Gasteiger partial charge in [-0.1, -0.05) is 25.7 Å². The number of rotatable bonds is 3. The predicted molar refractivity (Wildman–Crippen MR) is 89.9 cm³/mol. The van der Waals surface area contributed by atoms with Gasteiger partial charge >= 0.3 is 0 Å². The van der Waals surface area contributed by atoms with Gasteiger partial charge in [-0.3, -0.25) is 14.6 Å². The van der Waals surface area contributed by atoms with Crippen LogP contribution in [0.3, 0.4) is 0 Å². The molecule has 1 saturated carbocycles. The average molecular weight is 331 g/mol. The maximum absolute atomic E-state index is 12.5. The fraction of sp³-hybridized carbons (Fsp3) is 0.611. The van der Waals surface area contributed by atoms with Crippen molar-refractivity contribution in [3.8, 4) is 0 Å². The summed E-state index contributed by atoms with van der Waals surface area (Å²) in [7, 11) is 0. The van der Waals surface area contributed by atoms with Crippen LogP contribution in [0.15, 0.2) is 18.3 Å². The molecule has 6 heteroatoms. The van der Waals surface area contributed by atoms with E-state index in [1.165, 1.54) is 19.0 Å². The molecule has 1 aliphatic heterocycles. The van der Waals surface area contributed by atoms with Crippen LogP contribution in [0, 0.1) is 0 Å². The van der Waals surface area contributed by atoms with E-state index in [1.54, 1.807) is 17.0 Å². The van der Waals surface area contributed by atoms with Crippen LogP contribution in [-0.2, 0) is 4.74 Å². The van der Waals surface area contributed by atoms with Crippen molar-refractivity contribution < 1.29 is 14.3 Å². The van der Waals surface area contributed by atoms with Gasteiger partial charge in [0.2, 0.25) is 0 Å². The quantitative estimate of drug-likeness (QED) is 0.860. The van der Waals surface area contributed by atoms with Crippen molar-refractivity contribution >= 4 is 11.8 Å². The fourth-order valence-corrected chi connectivity index (χ4v) is 3.32. The zero-order valence-corrected chi connectivity index (χ0v) is 14.0. The summed E-state index contributed by atoms with van der Waals surface area (Å²) < 4.78 is 5.27. The third-order valence-electron chi connectivity index (χ3n) is 4.73. The van der Waals surface area contributed by atoms with Gasteiger partial charge in [-0.05, 0) is 25.0 Å². The van der Waals surface area contributed by atoms with E-state index in [9.17, 15) is 9.59 Å². The third-order valence-corrected chi connectivity index (χ3v) is 4.73. The van der Waals surface area contributed by atoms with E-state index in [-0.39, 0.29) is 17.9 Å². The van der Waals surface area contributed by atoms with Crippen molar-refractivity contribution in [3.63, 3.8) is 0 Å². The van der Waals surface area contributed by atoms with Gasteiger partial charge in [0, 0.05) is 30.9 Å². The van der Waals surface area contributed by atoms with Crippen molar-refractivity contribution in [1.82, 2.24) is 15.2 Å². The minimum absolute atomic E-state index is 0.0655. The first-order valence-electron chi connectivity index (χ1n) is 8.88. The zero-order chi connectivity index (χ0) is 16.8. The molecule has 24 heavy (non-hydrogen) atoms. The van der Waals surface area contributed by atoms with E-state index in [2.05, 4.69) is 10.3 Å². The molecule has 130 valence electrons. The maximum Gasteiger partial charge on any atom is 0.270 e. The molecule has 1 aromatic rings. The van der Waals surface area contributed by atoms with E-state index in [0.29, 0.717) is 37.6 Å². The number of morpholine rings is 1. The Morgan fingerprint density at radius 3 is 2.54 bits per heavy atom. The highest BCUT2D eigenvalue weighted by molar-refractivity contribution is 5.98. The van der Waals surface area contributed by atoms with Gasteiger partial charge < -0.3 is 15.0 Å². The minimum atomic E-state index is -0.182. The summed E-state index contributed by atoms with van der Waals surface area (Å²) in [5.74, 6) is -0.247. The van der Waals surface area contributed by atoms with E-state index in [1.807, 2.05) is 0 Å². The van der Waals surface area contributed by atoms with E-state index < -0.39 is 0 Å². The molecule has 1 aliphatic carbocycles. The molecule has 0 radical (unpaired) electrons. The van der Waals surface area contributed by atoms with Gasteiger partial charge in [0.05, 0.1) is 13.2 Å². The molecule has 0 aromatic carbocycles. The lowest BCUT2D eigenvalue weighted by molar-refractivity contribution is 0.0303. The molecule has 0 atom stereocenters. The Morgan fingerprint density at radius 2 is 1.83 bits per heavy atom. The number of nitrogens with one attached hydrogen (secondary N) is 1. The second kappa shape index (κ2) is 8.24. The minimum Gasteiger partial charge on any atom is -0.378 e. The van der Waals surface area contributed by atoms with E-state index in [4.69, 9.17) is 4.74 Å². The maximum atomic E-state index is 12.5. The third kappa shape index (κ3) is 4.32. The number of carbonyl (C=O) groups is 2. The first kappa shape index (κ1) is 16.9. The van der Waals surface area contributed by atoms with Crippen LogP contribution in [0.25, 0.3) is 0 Å². The van der Waals surface area contributed by atoms with Crippen LogP contribution in [0.5, 0.6) is 0 Å². The van der Waals surface area contributed by atoms with Gasteiger partial charge in [-0.2, -0.15) is 0 Å². The lowest BCUT2D eigenvalue weighted by Crippen LogP contribution is -2.41. The lowest BCUT2D eigenvalue weighted by Gasteiger charge is -2.26. The summed E-state index contributed by atoms with van der Waals surface area (Å²) in [6, 6.07) is 3.49. The first-order chi connectivity index (χ1) is 11.7. The molecule has 2 heterocycles. The Hall–Kier alpha value is -1.95. The molecule has 0 bridgehead atoms. The number of pyridine rings is 1. The Labute approximate surface area is 142 Å². The molecule has 3 rings (SSSR count). The van der Waals surface area contributed by atoms with Gasteiger partial charge in [-0.25, -0.2) is 0 Å². The average Bonchev–Trinajstić information content (AvgIpc) is 2.90. The summed E-state index contributed by atoms with van der Waals surface area (Å²) in [5, 5.41) is 3.07. The monoisotopic (exact) mass is 331 g/mol. The molecule has 0 spiro atoms. The van der Waals surface area contributed by atoms with Crippen LogP contribution >= 0.6 is 0 Å². The second-order valence-electron chi connectivity index (χ2n) is 6.50. The molecular formula is C18H25N3O3. The highest BCUT2D eigenvalue weighted by Gasteiger charge is 2.21. The molecule has 1 aromatic heterocycles. The SMILES string of the molecule is O=C(NC1CCCCCC1)c1cc(C(=O)N2CCOCC2)ccn1. The highest BCUT2D eigenvalue weighted by atomic mass is 16.5. The normalized spacial score (nSPS) is 19.6. The smallest absolute Gasteiger partial charge is 0.270 e. The van der Waals surface area contributed by atoms with Crippen LogP contribution in [0.1, 0.15) is 59.4 Å². The molecular weight excluding hydrogens is 306 g/mol. The van der Waals surface area contributed by atoms with E-state index >= 15 is 0 Å². The first-order valence-corrected chi connectivity index (χ1v) is 8.88. The summed E-state index contributed by atoms with van der Waals surface area (Å²) >= 11 is 0. The van der Waals surface area contributed by atoms with Crippen LogP contribution in [-0.4, -0.2) is 54.0 Å². The fourth-order valence-electron chi connectivity index (χ4n) is 3.32. The van der Waals surface area contributed by atoms with Gasteiger partial charge in [-0.15, -0.1) is 0 Å². The predicted octanol–water partition coefficient (Wildman–Crippen LogP) is 2.01. The number of hydrogen-bond acceptors (Lipinski definition) is 4. The number of carbonyl (C=O) groups excluding carboxylic acids is 2. The van der Waals surface area contributed by atoms with Crippen molar-refractivity contribution in [2.75, 3.05) is 26.3 Å². The number of ether oxygens (including phenoxy) is 1. The molecule has 2 fully saturated rings. The summed E-state index contributed by atoms with van der Waals surface area (Å²) in [5.41, 5.74) is 0.830. The van der Waals surface area contributed by atoms with Crippen LogP contribution in [0.4, 0.5) is 0 Å². The summed E-state index contributed by atoms with van der Waals surface area (Å²) in [6.07, 6.45) is 8.40. The molecule has 0 unspecified atom stereocenters. The molecule has 2 amide bonds. The molecule has 2 aliphatic rings. The Kier molecular flexibility index (Phi) is 5.80. The zero-order valence-electron chi connectivity index (χ0n) is 14.0. The van der Waals surface area contributed by atoms with Crippen LogP contribution in [0.2, 0.25) is 0 Å². The Balaban J connectivity index is 1.65. The Bertz CT molecular complexity index is 577.